The molecule has 0 radical (unpaired) electrons. The van der Waals surface area contributed by atoms with Gasteiger partial charge in [-0.2, -0.15) is 5.10 Å². The maximum Gasteiger partial charge on any atom is 0.263 e. The molecule has 2 aromatic rings. The Morgan fingerprint density at radius 1 is 1.41 bits per heavy atom. The summed E-state index contributed by atoms with van der Waals surface area (Å²) in [5.74, 6) is 0.266. The molecule has 2 aromatic heterocycles. The van der Waals surface area contributed by atoms with E-state index in [2.05, 4.69) is 23.4 Å². The molecule has 2 amide bonds. The van der Waals surface area contributed by atoms with Crippen molar-refractivity contribution in [3.8, 4) is 0 Å². The van der Waals surface area contributed by atoms with E-state index < -0.39 is 0 Å². The number of thiophene rings is 1. The number of aromatic nitrogens is 2. The maximum absolute atomic E-state index is 12.6. The Balaban J connectivity index is 1.48. The highest BCUT2D eigenvalue weighted by atomic mass is 32.1. The summed E-state index contributed by atoms with van der Waals surface area (Å²) >= 11 is 1.45. The number of nitrogens with one attached hydrogen (secondary N) is 1. The molecule has 1 aliphatic rings. The predicted molar refractivity (Wildman–Crippen MR) is 107 cm³/mol. The van der Waals surface area contributed by atoms with E-state index in [1.165, 1.54) is 11.3 Å². The van der Waals surface area contributed by atoms with Crippen LogP contribution in [0.4, 0.5) is 0 Å². The first-order valence-electron chi connectivity index (χ1n) is 9.55. The maximum atomic E-state index is 12.6. The fourth-order valence-electron chi connectivity index (χ4n) is 3.57. The van der Waals surface area contributed by atoms with Gasteiger partial charge in [0.15, 0.2) is 0 Å². The van der Waals surface area contributed by atoms with Crippen LogP contribution in [0.5, 0.6) is 0 Å². The average molecular weight is 389 g/mol. The lowest BCUT2D eigenvalue weighted by Crippen LogP contribution is -2.46. The number of hydrogen-bond acceptors (Lipinski definition) is 4. The van der Waals surface area contributed by atoms with E-state index in [-0.39, 0.29) is 17.7 Å². The van der Waals surface area contributed by atoms with Gasteiger partial charge < -0.3 is 10.2 Å². The van der Waals surface area contributed by atoms with E-state index in [9.17, 15) is 9.59 Å². The molecule has 27 heavy (non-hydrogen) atoms. The third kappa shape index (κ3) is 4.97. The molecule has 3 rings (SSSR count). The van der Waals surface area contributed by atoms with Crippen molar-refractivity contribution in [1.82, 2.24) is 20.0 Å². The molecule has 1 fully saturated rings. The van der Waals surface area contributed by atoms with E-state index in [1.807, 2.05) is 40.9 Å². The van der Waals surface area contributed by atoms with Crippen LogP contribution in [-0.4, -0.2) is 46.1 Å². The number of hydrogen-bond donors (Lipinski definition) is 1. The monoisotopic (exact) mass is 388 g/mol. The Morgan fingerprint density at radius 2 is 2.22 bits per heavy atom. The number of rotatable bonds is 6. The highest BCUT2D eigenvalue weighted by molar-refractivity contribution is 7.12. The third-order valence-corrected chi connectivity index (χ3v) is 5.88. The molecule has 146 valence electrons. The Kier molecular flexibility index (Phi) is 6.31. The molecule has 0 aliphatic carbocycles. The number of amides is 2. The molecule has 6 nitrogen and oxygen atoms in total. The highest BCUT2D eigenvalue weighted by Crippen LogP contribution is 2.20. The summed E-state index contributed by atoms with van der Waals surface area (Å²) in [6.07, 6.45) is 1.71. The summed E-state index contributed by atoms with van der Waals surface area (Å²) in [6, 6.07) is 5.79. The van der Waals surface area contributed by atoms with Crippen molar-refractivity contribution in [3.05, 3.63) is 39.8 Å². The Hall–Kier alpha value is -2.15. The molecule has 0 spiro atoms. The van der Waals surface area contributed by atoms with E-state index in [0.29, 0.717) is 19.0 Å². The summed E-state index contributed by atoms with van der Waals surface area (Å²) in [7, 11) is 0. The van der Waals surface area contributed by atoms with Gasteiger partial charge in [0.25, 0.3) is 5.91 Å². The molecular formula is C20H28N4O2S. The summed E-state index contributed by atoms with van der Waals surface area (Å²) in [4.78, 5) is 27.7. The predicted octanol–water partition coefficient (Wildman–Crippen LogP) is 2.87. The largest absolute Gasteiger partial charge is 0.355 e. The Labute approximate surface area is 164 Å². The van der Waals surface area contributed by atoms with Crippen LogP contribution in [0.25, 0.3) is 0 Å². The SMILES string of the molecule is Cc1cc(C)n(C[C@@H](C)CNC(=O)[C@@H]2CCCN(C(=O)c3cccs3)C2)n1. The first-order valence-corrected chi connectivity index (χ1v) is 10.4. The van der Waals surface area contributed by atoms with Gasteiger partial charge in [-0.15, -0.1) is 11.3 Å². The lowest BCUT2D eigenvalue weighted by atomic mass is 9.96. The number of likely N-dealkylation sites (tertiary alicyclic amines) is 1. The second-order valence-corrected chi connectivity index (χ2v) is 8.47. The van der Waals surface area contributed by atoms with E-state index in [1.54, 1.807) is 0 Å². The number of carbonyl (C=O) groups is 2. The van der Waals surface area contributed by atoms with Gasteiger partial charge >= 0.3 is 0 Å². The molecule has 1 N–H and O–H groups in total. The fraction of sp³-hybridized carbons (Fsp3) is 0.550. The van der Waals surface area contributed by atoms with Crippen molar-refractivity contribution in [3.63, 3.8) is 0 Å². The van der Waals surface area contributed by atoms with Crippen molar-refractivity contribution in [2.45, 2.75) is 40.2 Å². The lowest BCUT2D eigenvalue weighted by Gasteiger charge is -2.32. The fourth-order valence-corrected chi connectivity index (χ4v) is 4.26. The van der Waals surface area contributed by atoms with Crippen molar-refractivity contribution in [1.29, 1.82) is 0 Å². The number of carbonyl (C=O) groups excluding carboxylic acids is 2. The van der Waals surface area contributed by atoms with Crippen molar-refractivity contribution in [2.24, 2.45) is 11.8 Å². The first-order chi connectivity index (χ1) is 12.9. The van der Waals surface area contributed by atoms with Gasteiger partial charge in [0.05, 0.1) is 16.5 Å². The normalized spacial score (nSPS) is 18.3. The minimum Gasteiger partial charge on any atom is -0.355 e. The molecule has 0 saturated carbocycles. The van der Waals surface area contributed by atoms with Crippen LogP contribution in [-0.2, 0) is 11.3 Å². The minimum atomic E-state index is -0.122. The van der Waals surface area contributed by atoms with E-state index in [0.717, 1.165) is 42.2 Å². The zero-order valence-electron chi connectivity index (χ0n) is 16.3. The van der Waals surface area contributed by atoms with Crippen molar-refractivity contribution >= 4 is 23.2 Å². The molecule has 0 unspecified atom stereocenters. The topological polar surface area (TPSA) is 67.2 Å². The van der Waals surface area contributed by atoms with E-state index >= 15 is 0 Å². The molecule has 2 atom stereocenters. The summed E-state index contributed by atoms with van der Waals surface area (Å²) in [5, 5.41) is 9.47. The average Bonchev–Trinajstić information content (AvgIpc) is 3.29. The molecular weight excluding hydrogens is 360 g/mol. The summed E-state index contributed by atoms with van der Waals surface area (Å²) < 4.78 is 1.99. The summed E-state index contributed by atoms with van der Waals surface area (Å²) in [6.45, 7) is 8.79. The lowest BCUT2D eigenvalue weighted by molar-refractivity contribution is -0.126. The van der Waals surface area contributed by atoms with Crippen LogP contribution in [0, 0.1) is 25.7 Å². The zero-order chi connectivity index (χ0) is 19.4. The summed E-state index contributed by atoms with van der Waals surface area (Å²) in [5.41, 5.74) is 2.15. The van der Waals surface area contributed by atoms with Crippen molar-refractivity contribution in [2.75, 3.05) is 19.6 Å². The standard InChI is InChI=1S/C20H28N4O2S/c1-14(12-24-16(3)10-15(2)22-24)11-21-19(25)17-6-4-8-23(13-17)20(26)18-7-5-9-27-18/h5,7,9-10,14,17H,4,6,8,11-13H2,1-3H3,(H,21,25)/t14-,17+/m0/s1. The number of aryl methyl sites for hydroxylation is 2. The third-order valence-electron chi connectivity index (χ3n) is 5.02. The van der Waals surface area contributed by atoms with Gasteiger partial charge in [-0.3, -0.25) is 14.3 Å². The highest BCUT2D eigenvalue weighted by Gasteiger charge is 2.29. The van der Waals surface area contributed by atoms with Crippen LogP contribution in [0.1, 0.15) is 40.8 Å². The van der Waals surface area contributed by atoms with Crippen LogP contribution in [0.15, 0.2) is 23.6 Å². The Bertz CT molecular complexity index is 784. The van der Waals surface area contributed by atoms with Gasteiger partial charge in [-0.25, -0.2) is 0 Å². The second kappa shape index (κ2) is 8.69. The number of piperidine rings is 1. The van der Waals surface area contributed by atoms with Crippen LogP contribution in [0.3, 0.4) is 0 Å². The molecule has 1 aliphatic heterocycles. The van der Waals surface area contributed by atoms with Gasteiger partial charge in [0.2, 0.25) is 5.91 Å². The zero-order valence-corrected chi connectivity index (χ0v) is 17.1. The van der Waals surface area contributed by atoms with E-state index in [4.69, 9.17) is 0 Å². The molecule has 1 saturated heterocycles. The van der Waals surface area contributed by atoms with Crippen molar-refractivity contribution < 1.29 is 9.59 Å². The van der Waals surface area contributed by atoms with Gasteiger partial charge in [0, 0.05) is 31.9 Å². The minimum absolute atomic E-state index is 0.0420. The van der Waals surface area contributed by atoms with Crippen LogP contribution < -0.4 is 5.32 Å². The van der Waals surface area contributed by atoms with Gasteiger partial charge in [-0.05, 0) is 50.1 Å². The number of nitrogens with zero attached hydrogens (tertiary/aromatic N) is 3. The molecule has 3 heterocycles. The molecule has 0 bridgehead atoms. The smallest absolute Gasteiger partial charge is 0.263 e. The van der Waals surface area contributed by atoms with Gasteiger partial charge in [0.1, 0.15) is 0 Å². The Morgan fingerprint density at radius 3 is 2.89 bits per heavy atom. The first kappa shape index (κ1) is 19.6. The molecule has 7 heteroatoms. The van der Waals surface area contributed by atoms with Crippen LogP contribution >= 0.6 is 11.3 Å². The van der Waals surface area contributed by atoms with Crippen LogP contribution in [0.2, 0.25) is 0 Å². The second-order valence-electron chi connectivity index (χ2n) is 7.53. The van der Waals surface area contributed by atoms with Gasteiger partial charge in [-0.1, -0.05) is 13.0 Å². The molecule has 0 aromatic carbocycles. The quantitative estimate of drug-likeness (QED) is 0.827.